The Morgan fingerprint density at radius 1 is 1.11 bits per heavy atom. The van der Waals surface area contributed by atoms with E-state index < -0.39 is 0 Å². The second-order valence-electron chi connectivity index (χ2n) is 5.94. The number of aryl methyl sites for hydroxylation is 2. The van der Waals surface area contributed by atoms with Crippen LogP contribution in [0.15, 0.2) is 12.1 Å². The van der Waals surface area contributed by atoms with E-state index in [4.69, 9.17) is 10.7 Å². The lowest BCUT2D eigenvalue weighted by atomic mass is 9.96. The zero-order chi connectivity index (χ0) is 13.4. The summed E-state index contributed by atoms with van der Waals surface area (Å²) in [7, 11) is 0. The highest BCUT2D eigenvalue weighted by atomic mass is 15.1. The number of pyridine rings is 1. The number of nitrogens with two attached hydrogens (primary N) is 1. The van der Waals surface area contributed by atoms with Crippen molar-refractivity contribution in [3.05, 3.63) is 29.1 Å². The predicted octanol–water partition coefficient (Wildman–Crippen LogP) is 3.97. The summed E-state index contributed by atoms with van der Waals surface area (Å²) in [5, 5.41) is 0. The molecule has 1 aliphatic rings. The molecule has 1 fully saturated rings. The Morgan fingerprint density at radius 2 is 1.79 bits per heavy atom. The quantitative estimate of drug-likeness (QED) is 0.785. The Morgan fingerprint density at radius 3 is 2.47 bits per heavy atom. The number of nitrogen functional groups attached to an aromatic ring is 1. The summed E-state index contributed by atoms with van der Waals surface area (Å²) in [6, 6.07) is 4.30. The molecule has 2 heterocycles. The molecule has 0 spiro atoms. The SMILES string of the molecule is Cc1cc(C)n2c(N)c(C3CCCCCC3)nc2c1. The monoisotopic (exact) mass is 257 g/mol. The minimum atomic E-state index is 0.558. The molecule has 0 atom stereocenters. The van der Waals surface area contributed by atoms with E-state index >= 15 is 0 Å². The van der Waals surface area contributed by atoms with Crippen molar-refractivity contribution in [2.75, 3.05) is 5.73 Å². The molecule has 2 aromatic rings. The number of nitrogens with zero attached hydrogens (tertiary/aromatic N) is 2. The van der Waals surface area contributed by atoms with Crippen LogP contribution in [0.25, 0.3) is 5.65 Å². The highest BCUT2D eigenvalue weighted by Crippen LogP contribution is 2.34. The fourth-order valence-electron chi connectivity index (χ4n) is 3.43. The van der Waals surface area contributed by atoms with Crippen LogP contribution >= 0.6 is 0 Å². The minimum absolute atomic E-state index is 0.558. The van der Waals surface area contributed by atoms with Gasteiger partial charge in [0.05, 0.1) is 5.69 Å². The maximum Gasteiger partial charge on any atom is 0.139 e. The zero-order valence-corrected chi connectivity index (χ0v) is 11.9. The average Bonchev–Trinajstić information content (AvgIpc) is 2.56. The summed E-state index contributed by atoms with van der Waals surface area (Å²) < 4.78 is 2.10. The highest BCUT2D eigenvalue weighted by Gasteiger charge is 2.21. The first-order chi connectivity index (χ1) is 9.16. The molecule has 0 aliphatic heterocycles. The van der Waals surface area contributed by atoms with Crippen molar-refractivity contribution in [2.24, 2.45) is 0 Å². The van der Waals surface area contributed by atoms with Crippen LogP contribution in [0, 0.1) is 13.8 Å². The van der Waals surface area contributed by atoms with Crippen LogP contribution in [0.2, 0.25) is 0 Å². The van der Waals surface area contributed by atoms with Gasteiger partial charge in [-0.2, -0.15) is 0 Å². The van der Waals surface area contributed by atoms with Crippen LogP contribution in [0.3, 0.4) is 0 Å². The first-order valence-electron chi connectivity index (χ1n) is 7.42. The zero-order valence-electron chi connectivity index (χ0n) is 11.9. The van der Waals surface area contributed by atoms with Crippen molar-refractivity contribution in [2.45, 2.75) is 58.3 Å². The Balaban J connectivity index is 2.08. The smallest absolute Gasteiger partial charge is 0.139 e. The van der Waals surface area contributed by atoms with E-state index in [1.807, 2.05) is 0 Å². The van der Waals surface area contributed by atoms with Crippen molar-refractivity contribution in [1.29, 1.82) is 0 Å². The first kappa shape index (κ1) is 12.5. The molecule has 3 rings (SSSR count). The summed E-state index contributed by atoms with van der Waals surface area (Å²) in [6.07, 6.45) is 7.84. The van der Waals surface area contributed by atoms with Crippen molar-refractivity contribution in [3.63, 3.8) is 0 Å². The van der Waals surface area contributed by atoms with Crippen LogP contribution in [0.1, 0.15) is 61.4 Å². The molecule has 0 amide bonds. The number of hydrogen-bond acceptors (Lipinski definition) is 2. The van der Waals surface area contributed by atoms with Crippen molar-refractivity contribution < 1.29 is 0 Å². The van der Waals surface area contributed by atoms with Gasteiger partial charge in [0.15, 0.2) is 0 Å². The van der Waals surface area contributed by atoms with E-state index in [2.05, 4.69) is 30.4 Å². The van der Waals surface area contributed by atoms with Crippen LogP contribution in [-0.2, 0) is 0 Å². The molecule has 3 nitrogen and oxygen atoms in total. The van der Waals surface area contributed by atoms with E-state index in [-0.39, 0.29) is 0 Å². The normalized spacial score (nSPS) is 17.8. The second-order valence-corrected chi connectivity index (χ2v) is 5.94. The molecule has 0 saturated heterocycles. The van der Waals surface area contributed by atoms with E-state index in [9.17, 15) is 0 Å². The molecule has 2 aromatic heterocycles. The third kappa shape index (κ3) is 2.22. The molecule has 19 heavy (non-hydrogen) atoms. The van der Waals surface area contributed by atoms with Crippen LogP contribution in [-0.4, -0.2) is 9.38 Å². The van der Waals surface area contributed by atoms with Gasteiger partial charge in [0, 0.05) is 11.6 Å². The van der Waals surface area contributed by atoms with Crippen molar-refractivity contribution in [3.8, 4) is 0 Å². The molecule has 0 bridgehead atoms. The lowest BCUT2D eigenvalue weighted by molar-refractivity contribution is 0.582. The first-order valence-corrected chi connectivity index (χ1v) is 7.42. The molecule has 1 aliphatic carbocycles. The summed E-state index contributed by atoms with van der Waals surface area (Å²) >= 11 is 0. The molecule has 0 radical (unpaired) electrons. The Bertz CT molecular complexity index is 590. The molecule has 0 unspecified atom stereocenters. The molecule has 102 valence electrons. The summed E-state index contributed by atoms with van der Waals surface area (Å²) in [6.45, 7) is 4.22. The number of imidazole rings is 1. The second kappa shape index (κ2) is 4.87. The third-order valence-corrected chi connectivity index (χ3v) is 4.36. The lowest BCUT2D eigenvalue weighted by Crippen LogP contribution is -2.04. The van der Waals surface area contributed by atoms with Gasteiger partial charge in [-0.3, -0.25) is 4.40 Å². The Hall–Kier alpha value is -1.51. The molecule has 0 aromatic carbocycles. The molecular weight excluding hydrogens is 234 g/mol. The van der Waals surface area contributed by atoms with Gasteiger partial charge < -0.3 is 5.73 Å². The molecular formula is C16H23N3. The van der Waals surface area contributed by atoms with Gasteiger partial charge in [0.25, 0.3) is 0 Å². The number of rotatable bonds is 1. The topological polar surface area (TPSA) is 43.3 Å². The van der Waals surface area contributed by atoms with Gasteiger partial charge in [-0.25, -0.2) is 4.98 Å². The molecule has 3 heteroatoms. The predicted molar refractivity (Wildman–Crippen MR) is 79.5 cm³/mol. The van der Waals surface area contributed by atoms with Crippen LogP contribution in [0.4, 0.5) is 5.82 Å². The molecule has 2 N–H and O–H groups in total. The van der Waals surface area contributed by atoms with Crippen LogP contribution < -0.4 is 5.73 Å². The summed E-state index contributed by atoms with van der Waals surface area (Å²) in [5.74, 6) is 1.42. The lowest BCUT2D eigenvalue weighted by Gasteiger charge is -2.12. The molecule has 1 saturated carbocycles. The van der Waals surface area contributed by atoms with Gasteiger partial charge >= 0.3 is 0 Å². The summed E-state index contributed by atoms with van der Waals surface area (Å²) in [5.41, 5.74) is 10.9. The van der Waals surface area contributed by atoms with Gasteiger partial charge in [0.1, 0.15) is 11.5 Å². The largest absolute Gasteiger partial charge is 0.383 e. The third-order valence-electron chi connectivity index (χ3n) is 4.36. The number of aromatic nitrogens is 2. The number of fused-ring (bicyclic) bond motifs is 1. The standard InChI is InChI=1S/C16H23N3/c1-11-9-12(2)19-14(10-11)18-15(16(19)17)13-7-5-3-4-6-8-13/h9-10,13H,3-8,17H2,1-2H3. The van der Waals surface area contributed by atoms with E-state index in [1.165, 1.54) is 49.8 Å². The van der Waals surface area contributed by atoms with Gasteiger partial charge in [-0.05, 0) is 44.4 Å². The maximum atomic E-state index is 6.37. The van der Waals surface area contributed by atoms with Gasteiger partial charge in [-0.1, -0.05) is 25.7 Å². The minimum Gasteiger partial charge on any atom is -0.383 e. The van der Waals surface area contributed by atoms with E-state index in [1.54, 1.807) is 0 Å². The average molecular weight is 257 g/mol. The number of anilines is 1. The Kier molecular flexibility index (Phi) is 3.21. The summed E-state index contributed by atoms with van der Waals surface area (Å²) in [4.78, 5) is 4.84. The number of hydrogen-bond donors (Lipinski definition) is 1. The van der Waals surface area contributed by atoms with Gasteiger partial charge in [0.2, 0.25) is 0 Å². The fraction of sp³-hybridized carbons (Fsp3) is 0.562. The van der Waals surface area contributed by atoms with Crippen molar-refractivity contribution in [1.82, 2.24) is 9.38 Å². The Labute approximate surface area is 114 Å². The fourth-order valence-corrected chi connectivity index (χ4v) is 3.43. The maximum absolute atomic E-state index is 6.37. The van der Waals surface area contributed by atoms with Crippen molar-refractivity contribution >= 4 is 11.5 Å². The highest BCUT2D eigenvalue weighted by molar-refractivity contribution is 5.56. The van der Waals surface area contributed by atoms with Crippen LogP contribution in [0.5, 0.6) is 0 Å². The van der Waals surface area contributed by atoms with Gasteiger partial charge in [-0.15, -0.1) is 0 Å². The van der Waals surface area contributed by atoms with E-state index in [0.717, 1.165) is 17.2 Å². The van der Waals surface area contributed by atoms with E-state index in [0.29, 0.717) is 5.92 Å².